The number of methoxy groups -OCH3 is 1. The molecule has 0 aliphatic carbocycles. The standard InChI is InChI=1S/C21H32BN2O3/c1-20(2,3)24-15-9-14-22(24)27-18(21(4,5)19(25)26-8)16-10-12-17(13-11-16)23(6)7/h9-15,18H,1-8H3/t18-/m1/s1. The molecule has 0 aromatic heterocycles. The molecule has 3 radical (unpaired) electrons. The average molecular weight is 371 g/mol. The molecule has 1 heterocycles. The minimum absolute atomic E-state index is 0.0943. The van der Waals surface area contributed by atoms with Gasteiger partial charge < -0.3 is 19.1 Å². The molecule has 1 aromatic carbocycles. The minimum atomic E-state index is -0.839. The molecule has 0 amide bonds. The van der Waals surface area contributed by atoms with Gasteiger partial charge in [0.25, 0.3) is 0 Å². The largest absolute Gasteiger partial charge is 0.469 e. The molecule has 2 rings (SSSR count). The molecule has 27 heavy (non-hydrogen) atoms. The van der Waals surface area contributed by atoms with Crippen molar-refractivity contribution in [3.05, 3.63) is 49.1 Å². The quantitative estimate of drug-likeness (QED) is 0.563. The summed E-state index contributed by atoms with van der Waals surface area (Å²) in [7, 11) is 5.18. The Hall–Kier alpha value is -1.53. The molecule has 0 spiro atoms. The van der Waals surface area contributed by atoms with E-state index in [0.29, 0.717) is 0 Å². The number of benzene rings is 1. The molecule has 0 saturated carbocycles. The summed E-state index contributed by atoms with van der Waals surface area (Å²) < 4.78 is 11.6. The summed E-state index contributed by atoms with van der Waals surface area (Å²) in [6.07, 6.45) is 3.56. The maximum absolute atomic E-state index is 12.5. The van der Waals surface area contributed by atoms with Gasteiger partial charge in [0, 0.05) is 31.9 Å². The van der Waals surface area contributed by atoms with Crippen molar-refractivity contribution < 1.29 is 14.2 Å². The molecule has 0 N–H and O–H groups in total. The number of esters is 1. The van der Waals surface area contributed by atoms with Gasteiger partial charge in [0.15, 0.2) is 0 Å². The van der Waals surface area contributed by atoms with Crippen LogP contribution in [0.3, 0.4) is 0 Å². The number of hydrogen-bond donors (Lipinski definition) is 0. The van der Waals surface area contributed by atoms with Gasteiger partial charge in [0.1, 0.15) is 0 Å². The number of carbonyl (C=O) groups is 1. The van der Waals surface area contributed by atoms with Gasteiger partial charge in [-0.25, -0.2) is 0 Å². The molecule has 1 fully saturated rings. The van der Waals surface area contributed by atoms with Gasteiger partial charge in [-0.2, -0.15) is 0 Å². The first-order valence-corrected chi connectivity index (χ1v) is 9.29. The summed E-state index contributed by atoms with van der Waals surface area (Å²) in [4.78, 5) is 16.7. The third-order valence-corrected chi connectivity index (χ3v) is 4.93. The van der Waals surface area contributed by atoms with Gasteiger partial charge in [-0.15, -0.1) is 0 Å². The number of nitrogens with zero attached hydrogens (tertiary/aromatic N) is 2. The topological polar surface area (TPSA) is 42.0 Å². The molecule has 5 nitrogen and oxygen atoms in total. The highest BCUT2D eigenvalue weighted by atomic mass is 16.5. The summed E-state index contributed by atoms with van der Waals surface area (Å²) in [5.41, 5.74) is 1.11. The van der Waals surface area contributed by atoms with E-state index in [2.05, 4.69) is 25.6 Å². The predicted molar refractivity (Wildman–Crippen MR) is 111 cm³/mol. The van der Waals surface area contributed by atoms with Crippen molar-refractivity contribution in [3.63, 3.8) is 0 Å². The van der Waals surface area contributed by atoms with Crippen LogP contribution < -0.4 is 4.90 Å². The van der Waals surface area contributed by atoms with Crippen LogP contribution in [0, 0.1) is 24.7 Å². The summed E-state index contributed by atoms with van der Waals surface area (Å²) in [6, 6.07) is 8.12. The van der Waals surface area contributed by atoms with Gasteiger partial charge in [-0.3, -0.25) is 4.79 Å². The van der Waals surface area contributed by atoms with E-state index in [1.54, 1.807) is 0 Å². The Kier molecular flexibility index (Phi) is 6.64. The van der Waals surface area contributed by atoms with Crippen molar-refractivity contribution >= 4 is 18.7 Å². The molecular formula is C21H32BN2O3. The molecule has 0 bridgehead atoms. The summed E-state index contributed by atoms with van der Waals surface area (Å²) >= 11 is 0. The van der Waals surface area contributed by atoms with E-state index in [9.17, 15) is 4.79 Å². The monoisotopic (exact) mass is 371 g/mol. The second-order valence-electron chi connectivity index (χ2n) is 8.72. The Balaban J connectivity index is 2.37. The van der Waals surface area contributed by atoms with E-state index >= 15 is 0 Å². The normalized spacial score (nSPS) is 17.1. The van der Waals surface area contributed by atoms with Gasteiger partial charge in [0.2, 0.25) is 0 Å². The van der Waals surface area contributed by atoms with Crippen molar-refractivity contribution in [2.24, 2.45) is 5.41 Å². The lowest BCUT2D eigenvalue weighted by atomic mass is 9.73. The van der Waals surface area contributed by atoms with Crippen LogP contribution in [-0.2, 0) is 14.2 Å². The predicted octanol–water partition coefficient (Wildman–Crippen LogP) is 3.72. The Morgan fingerprint density at radius 3 is 2.19 bits per heavy atom. The zero-order valence-electron chi connectivity index (χ0n) is 17.8. The highest BCUT2D eigenvalue weighted by Crippen LogP contribution is 2.41. The maximum Gasteiger partial charge on any atom is 0.387 e. The fourth-order valence-corrected chi connectivity index (χ4v) is 3.25. The Morgan fingerprint density at radius 1 is 1.11 bits per heavy atom. The zero-order valence-corrected chi connectivity index (χ0v) is 17.8. The van der Waals surface area contributed by atoms with Gasteiger partial charge >= 0.3 is 13.0 Å². The Morgan fingerprint density at radius 2 is 1.70 bits per heavy atom. The zero-order chi connectivity index (χ0) is 20.4. The van der Waals surface area contributed by atoms with Crippen molar-refractivity contribution in [2.75, 3.05) is 26.1 Å². The molecule has 147 valence electrons. The van der Waals surface area contributed by atoms with Crippen LogP contribution in [0.2, 0.25) is 0 Å². The summed E-state index contributed by atoms with van der Waals surface area (Å²) in [5.74, 6) is -0.294. The third-order valence-electron chi connectivity index (χ3n) is 4.93. The van der Waals surface area contributed by atoms with E-state index < -0.39 is 11.5 Å². The first-order valence-electron chi connectivity index (χ1n) is 9.29. The van der Waals surface area contributed by atoms with Gasteiger partial charge in [-0.05, 0) is 65.1 Å². The molecule has 1 saturated heterocycles. The smallest absolute Gasteiger partial charge is 0.387 e. The average Bonchev–Trinajstić information content (AvgIpc) is 3.07. The van der Waals surface area contributed by atoms with Crippen LogP contribution in [0.15, 0.2) is 24.3 Å². The summed E-state index contributed by atoms with van der Waals surface area (Å²) in [6.45, 7) is 12.2. The third kappa shape index (κ3) is 4.85. The molecule has 6 heteroatoms. The fourth-order valence-electron chi connectivity index (χ4n) is 3.25. The maximum atomic E-state index is 12.5. The van der Waals surface area contributed by atoms with E-state index in [1.165, 1.54) is 7.11 Å². The first kappa shape index (κ1) is 21.8. The molecular weight excluding hydrogens is 339 g/mol. The van der Waals surface area contributed by atoms with Crippen LogP contribution in [0.25, 0.3) is 0 Å². The second kappa shape index (κ2) is 8.23. The van der Waals surface area contributed by atoms with Gasteiger partial charge in [-0.1, -0.05) is 12.1 Å². The Bertz CT molecular complexity index is 638. The lowest BCUT2D eigenvalue weighted by Gasteiger charge is -2.39. The molecule has 0 unspecified atom stereocenters. The summed E-state index contributed by atoms with van der Waals surface area (Å²) in [5, 5.41) is 0. The van der Waals surface area contributed by atoms with E-state index in [0.717, 1.165) is 11.3 Å². The number of carbonyl (C=O) groups excluding carboxylic acids is 1. The SMILES string of the molecule is COC(=O)C(C)(C)[C@H](OB1[CH][CH][CH]N1C(C)(C)C)c1ccc(N(C)C)cc1. The van der Waals surface area contributed by atoms with E-state index in [4.69, 9.17) is 9.39 Å². The van der Waals surface area contributed by atoms with Crippen LogP contribution in [-0.4, -0.2) is 44.6 Å². The van der Waals surface area contributed by atoms with Crippen molar-refractivity contribution in [3.8, 4) is 0 Å². The van der Waals surface area contributed by atoms with Crippen molar-refractivity contribution in [1.82, 2.24) is 4.81 Å². The number of hydrogen-bond acceptors (Lipinski definition) is 5. The highest BCUT2D eigenvalue weighted by molar-refractivity contribution is 6.55. The van der Waals surface area contributed by atoms with Crippen molar-refractivity contribution in [2.45, 2.75) is 46.3 Å². The lowest BCUT2D eigenvalue weighted by molar-refractivity contribution is -0.156. The lowest BCUT2D eigenvalue weighted by Crippen LogP contribution is -2.49. The number of rotatable bonds is 6. The van der Waals surface area contributed by atoms with Crippen LogP contribution >= 0.6 is 0 Å². The molecule has 1 aliphatic heterocycles. The number of anilines is 1. The Labute approximate surface area is 165 Å². The van der Waals surface area contributed by atoms with Crippen molar-refractivity contribution in [1.29, 1.82) is 0 Å². The minimum Gasteiger partial charge on any atom is -0.469 e. The van der Waals surface area contributed by atoms with Crippen LogP contribution in [0.5, 0.6) is 0 Å². The highest BCUT2D eigenvalue weighted by Gasteiger charge is 2.46. The van der Waals surface area contributed by atoms with E-state index in [-0.39, 0.29) is 18.6 Å². The molecule has 1 aliphatic rings. The fraction of sp³-hybridized carbons (Fsp3) is 0.524. The van der Waals surface area contributed by atoms with Crippen LogP contribution in [0.1, 0.15) is 46.3 Å². The first-order chi connectivity index (χ1) is 12.5. The van der Waals surface area contributed by atoms with Crippen LogP contribution in [0.4, 0.5) is 5.69 Å². The van der Waals surface area contributed by atoms with Gasteiger partial charge in [0.05, 0.1) is 18.6 Å². The number of ether oxygens (including phenoxy) is 1. The molecule has 1 aromatic rings. The second-order valence-corrected chi connectivity index (χ2v) is 8.72. The molecule has 1 atom stereocenters. The van der Waals surface area contributed by atoms with E-state index in [1.807, 2.05) is 76.4 Å².